The van der Waals surface area contributed by atoms with Crippen molar-refractivity contribution in [2.45, 2.75) is 31.2 Å². The van der Waals surface area contributed by atoms with Gasteiger partial charge in [0.15, 0.2) is 0 Å². The van der Waals surface area contributed by atoms with Crippen molar-refractivity contribution in [3.05, 3.63) is 40.3 Å². The van der Waals surface area contributed by atoms with Gasteiger partial charge in [0.2, 0.25) is 0 Å². The number of azide groups is 1. The Bertz CT molecular complexity index is 401. The zero-order chi connectivity index (χ0) is 11.4. The molecule has 1 aliphatic carbocycles. The molecule has 0 aliphatic heterocycles. The molecule has 0 amide bonds. The maximum Gasteiger partial charge on any atom is 0.118 e. The first-order valence-electron chi connectivity index (χ1n) is 5.51. The summed E-state index contributed by atoms with van der Waals surface area (Å²) < 4.78 is 5.12. The molecule has 0 radical (unpaired) electrons. The van der Waals surface area contributed by atoms with E-state index in [-0.39, 0.29) is 5.54 Å². The molecule has 0 aromatic heterocycles. The highest BCUT2D eigenvalue weighted by Gasteiger charge is 2.34. The molecule has 0 bridgehead atoms. The van der Waals surface area contributed by atoms with Gasteiger partial charge in [0.25, 0.3) is 0 Å². The zero-order valence-electron chi connectivity index (χ0n) is 9.39. The monoisotopic (exact) mass is 217 g/mol. The fraction of sp³-hybridized carbons (Fsp3) is 0.500. The van der Waals surface area contributed by atoms with Crippen LogP contribution in [0.2, 0.25) is 0 Å². The second-order valence-electron chi connectivity index (χ2n) is 4.16. The maximum absolute atomic E-state index is 8.69. The van der Waals surface area contributed by atoms with E-state index in [9.17, 15) is 0 Å². The quantitative estimate of drug-likeness (QED) is 0.432. The van der Waals surface area contributed by atoms with Crippen LogP contribution in [0.4, 0.5) is 0 Å². The van der Waals surface area contributed by atoms with Gasteiger partial charge < -0.3 is 4.74 Å². The molecule has 0 atom stereocenters. The number of rotatable bonds is 3. The van der Waals surface area contributed by atoms with Gasteiger partial charge in [-0.2, -0.15) is 0 Å². The van der Waals surface area contributed by atoms with Gasteiger partial charge in [0.1, 0.15) is 5.75 Å². The molecular formula is C12H15N3O. The number of hydrogen-bond donors (Lipinski definition) is 0. The third kappa shape index (κ3) is 1.84. The van der Waals surface area contributed by atoms with Crippen LogP contribution in [-0.2, 0) is 5.54 Å². The van der Waals surface area contributed by atoms with Crippen molar-refractivity contribution >= 4 is 0 Å². The number of benzene rings is 1. The first kappa shape index (κ1) is 10.8. The van der Waals surface area contributed by atoms with E-state index in [2.05, 4.69) is 10.0 Å². The predicted molar refractivity (Wildman–Crippen MR) is 62.3 cm³/mol. The van der Waals surface area contributed by atoms with E-state index >= 15 is 0 Å². The second kappa shape index (κ2) is 4.45. The normalized spacial score (nSPS) is 17.8. The van der Waals surface area contributed by atoms with E-state index in [1.807, 2.05) is 24.3 Å². The Morgan fingerprint density at radius 3 is 2.38 bits per heavy atom. The van der Waals surface area contributed by atoms with E-state index in [1.54, 1.807) is 7.11 Å². The van der Waals surface area contributed by atoms with Crippen LogP contribution in [0.1, 0.15) is 31.2 Å². The van der Waals surface area contributed by atoms with Crippen molar-refractivity contribution in [3.63, 3.8) is 0 Å². The standard InChI is InChI=1S/C12H15N3O/c1-16-11-6-4-10(5-7-11)12(14-15-13)8-2-3-9-12/h4-7H,2-3,8-9H2,1H3. The summed E-state index contributed by atoms with van der Waals surface area (Å²) in [7, 11) is 1.65. The minimum atomic E-state index is -0.318. The van der Waals surface area contributed by atoms with Crippen molar-refractivity contribution in [1.82, 2.24) is 0 Å². The molecule has 1 aromatic carbocycles. The van der Waals surface area contributed by atoms with Crippen LogP contribution in [0, 0.1) is 0 Å². The summed E-state index contributed by atoms with van der Waals surface area (Å²) in [6.07, 6.45) is 4.16. The summed E-state index contributed by atoms with van der Waals surface area (Å²) in [6, 6.07) is 7.84. The molecule has 1 aliphatic rings. The topological polar surface area (TPSA) is 58.0 Å². The Balaban J connectivity index is 2.35. The lowest BCUT2D eigenvalue weighted by Gasteiger charge is -2.23. The van der Waals surface area contributed by atoms with Gasteiger partial charge in [-0.25, -0.2) is 0 Å². The van der Waals surface area contributed by atoms with Crippen LogP contribution in [0.5, 0.6) is 5.75 Å². The zero-order valence-corrected chi connectivity index (χ0v) is 9.39. The average molecular weight is 217 g/mol. The van der Waals surface area contributed by atoms with Crippen LogP contribution in [0.15, 0.2) is 29.4 Å². The van der Waals surface area contributed by atoms with E-state index in [1.165, 1.54) is 0 Å². The Kier molecular flexibility index (Phi) is 3.02. The lowest BCUT2D eigenvalue weighted by atomic mass is 9.89. The summed E-state index contributed by atoms with van der Waals surface area (Å²) in [5.41, 5.74) is 9.47. The van der Waals surface area contributed by atoms with Crippen LogP contribution in [-0.4, -0.2) is 7.11 Å². The average Bonchev–Trinajstić information content (AvgIpc) is 2.80. The number of hydrogen-bond acceptors (Lipinski definition) is 2. The lowest BCUT2D eigenvalue weighted by Crippen LogP contribution is -2.17. The molecule has 0 spiro atoms. The third-order valence-corrected chi connectivity index (χ3v) is 3.29. The Labute approximate surface area is 94.9 Å². The van der Waals surface area contributed by atoms with Gasteiger partial charge in [-0.1, -0.05) is 30.1 Å². The summed E-state index contributed by atoms with van der Waals surface area (Å²) >= 11 is 0. The number of methoxy groups -OCH3 is 1. The summed E-state index contributed by atoms with van der Waals surface area (Å²) in [5.74, 6) is 0.831. The van der Waals surface area contributed by atoms with Crippen LogP contribution in [0.25, 0.3) is 10.4 Å². The highest BCUT2D eigenvalue weighted by Crippen LogP contribution is 2.42. The van der Waals surface area contributed by atoms with Gasteiger partial charge >= 0.3 is 0 Å². The third-order valence-electron chi connectivity index (χ3n) is 3.29. The van der Waals surface area contributed by atoms with Crippen molar-refractivity contribution in [3.8, 4) is 5.75 Å². The van der Waals surface area contributed by atoms with Crippen molar-refractivity contribution < 1.29 is 4.74 Å². The van der Waals surface area contributed by atoms with Gasteiger partial charge in [-0.15, -0.1) is 0 Å². The molecule has 1 aromatic rings. The SMILES string of the molecule is COc1ccc(C2(N=[N+]=[N-])CCCC2)cc1. The largest absolute Gasteiger partial charge is 0.497 e. The Morgan fingerprint density at radius 1 is 1.25 bits per heavy atom. The second-order valence-corrected chi connectivity index (χ2v) is 4.16. The van der Waals surface area contributed by atoms with Crippen molar-refractivity contribution in [1.29, 1.82) is 0 Å². The van der Waals surface area contributed by atoms with Crippen LogP contribution >= 0.6 is 0 Å². The fourth-order valence-corrected chi connectivity index (χ4v) is 2.39. The van der Waals surface area contributed by atoms with Crippen molar-refractivity contribution in [2.75, 3.05) is 7.11 Å². The van der Waals surface area contributed by atoms with E-state index < -0.39 is 0 Å². The molecule has 2 rings (SSSR count). The molecule has 84 valence electrons. The van der Waals surface area contributed by atoms with E-state index in [0.717, 1.165) is 37.0 Å². The van der Waals surface area contributed by atoms with Gasteiger partial charge in [0.05, 0.1) is 12.6 Å². The molecule has 4 heteroatoms. The number of nitrogens with zero attached hydrogens (tertiary/aromatic N) is 3. The summed E-state index contributed by atoms with van der Waals surface area (Å²) in [5, 5.41) is 4.02. The molecule has 0 saturated heterocycles. The van der Waals surface area contributed by atoms with Gasteiger partial charge in [-0.3, -0.25) is 0 Å². The van der Waals surface area contributed by atoms with E-state index in [0.29, 0.717) is 0 Å². The highest BCUT2D eigenvalue weighted by atomic mass is 16.5. The molecule has 4 nitrogen and oxygen atoms in total. The highest BCUT2D eigenvalue weighted by molar-refractivity contribution is 5.32. The first-order chi connectivity index (χ1) is 7.80. The first-order valence-corrected chi connectivity index (χ1v) is 5.51. The molecule has 0 unspecified atom stereocenters. The molecular weight excluding hydrogens is 202 g/mol. The van der Waals surface area contributed by atoms with Crippen LogP contribution < -0.4 is 4.74 Å². The van der Waals surface area contributed by atoms with Gasteiger partial charge in [0, 0.05) is 4.91 Å². The number of ether oxygens (including phenoxy) is 1. The lowest BCUT2D eigenvalue weighted by molar-refractivity contribution is 0.412. The van der Waals surface area contributed by atoms with Crippen LogP contribution in [0.3, 0.4) is 0 Å². The molecule has 1 saturated carbocycles. The fourth-order valence-electron chi connectivity index (χ4n) is 2.39. The van der Waals surface area contributed by atoms with Gasteiger partial charge in [-0.05, 0) is 36.1 Å². The smallest absolute Gasteiger partial charge is 0.118 e. The predicted octanol–water partition coefficient (Wildman–Crippen LogP) is 3.77. The Morgan fingerprint density at radius 2 is 1.88 bits per heavy atom. The molecule has 0 heterocycles. The van der Waals surface area contributed by atoms with E-state index in [4.69, 9.17) is 10.3 Å². The van der Waals surface area contributed by atoms with Crippen molar-refractivity contribution in [2.24, 2.45) is 5.11 Å². The summed E-state index contributed by atoms with van der Waals surface area (Å²) in [6.45, 7) is 0. The molecule has 1 fully saturated rings. The molecule has 16 heavy (non-hydrogen) atoms. The minimum absolute atomic E-state index is 0.318. The summed E-state index contributed by atoms with van der Waals surface area (Å²) in [4.78, 5) is 3.00. The molecule has 0 N–H and O–H groups in total. The Hall–Kier alpha value is -1.67. The maximum atomic E-state index is 8.69. The minimum Gasteiger partial charge on any atom is -0.497 e.